The molecule has 26 heavy (non-hydrogen) atoms. The molecule has 0 aliphatic carbocycles. The first-order valence-electron chi connectivity index (χ1n) is 8.07. The lowest BCUT2D eigenvalue weighted by Crippen LogP contribution is -2.46. The van der Waals surface area contributed by atoms with Gasteiger partial charge in [0, 0.05) is 18.4 Å². The number of sulfonamides is 1. The maximum atomic E-state index is 13.1. The largest absolute Gasteiger partial charge is 0.511 e. The summed E-state index contributed by atoms with van der Waals surface area (Å²) in [5.74, 6) is 0. The van der Waals surface area contributed by atoms with Gasteiger partial charge in [-0.25, -0.2) is 8.42 Å². The first-order chi connectivity index (χ1) is 12.3. The van der Waals surface area contributed by atoms with E-state index in [0.29, 0.717) is 28.0 Å². The van der Waals surface area contributed by atoms with Crippen molar-refractivity contribution in [3.8, 4) is 0 Å². The summed E-state index contributed by atoms with van der Waals surface area (Å²) in [5.41, 5.74) is -2.94. The zero-order valence-corrected chi connectivity index (χ0v) is 15.6. The van der Waals surface area contributed by atoms with E-state index < -0.39 is 24.5 Å². The van der Waals surface area contributed by atoms with Gasteiger partial charge < -0.3 is 4.98 Å². The molecule has 2 aromatic carbocycles. The number of anilines is 1. The van der Waals surface area contributed by atoms with E-state index in [-0.39, 0.29) is 12.7 Å². The van der Waals surface area contributed by atoms with Crippen molar-refractivity contribution in [2.24, 2.45) is 0 Å². The minimum atomic E-state index is -5.36. The molecule has 0 bridgehead atoms. The second-order valence-electron chi connectivity index (χ2n) is 6.09. The third kappa shape index (κ3) is 4.10. The first kappa shape index (κ1) is 18.9. The number of benzene rings is 2. The van der Waals surface area contributed by atoms with Gasteiger partial charge in [-0.1, -0.05) is 48.5 Å². The molecule has 0 amide bonds. The maximum absolute atomic E-state index is 13.1. The zero-order chi connectivity index (χ0) is 18.8. The summed E-state index contributed by atoms with van der Waals surface area (Å²) < 4.78 is 63.7. The highest BCUT2D eigenvalue weighted by Gasteiger charge is 2.51. The van der Waals surface area contributed by atoms with E-state index in [2.05, 4.69) is 4.98 Å². The van der Waals surface area contributed by atoms with E-state index >= 15 is 0 Å². The maximum Gasteiger partial charge on any atom is 0.511 e. The monoisotopic (exact) mass is 399 g/mol. The van der Waals surface area contributed by atoms with Crippen LogP contribution in [0.4, 0.5) is 18.9 Å². The number of rotatable bonds is 4. The molecule has 1 heterocycles. The van der Waals surface area contributed by atoms with Crippen LogP contribution in [0.5, 0.6) is 0 Å². The van der Waals surface area contributed by atoms with Gasteiger partial charge in [0.15, 0.2) is 8.96 Å². The summed E-state index contributed by atoms with van der Waals surface area (Å²) in [7, 11) is -6.95. The number of alkyl halides is 3. The van der Waals surface area contributed by atoms with Crippen molar-refractivity contribution in [3.05, 3.63) is 65.7 Å². The van der Waals surface area contributed by atoms with Crippen molar-refractivity contribution in [2.75, 3.05) is 11.2 Å². The van der Waals surface area contributed by atoms with Crippen molar-refractivity contribution < 1.29 is 21.6 Å². The molecule has 0 aromatic heterocycles. The molecular weight excluding hydrogens is 381 g/mol. The number of nitrogens with one attached hydrogen (secondary N) is 1. The van der Waals surface area contributed by atoms with Crippen molar-refractivity contribution in [2.45, 2.75) is 24.5 Å². The number of aryl methyl sites for hydroxylation is 1. The molecule has 1 aliphatic heterocycles. The number of hydrogen-bond acceptors (Lipinski definition) is 3. The van der Waals surface area contributed by atoms with Gasteiger partial charge in [0.1, 0.15) is 0 Å². The van der Waals surface area contributed by atoms with Crippen LogP contribution >= 0.6 is 0 Å². The highest BCUT2D eigenvalue weighted by molar-refractivity contribution is 7.90. The summed E-state index contributed by atoms with van der Waals surface area (Å²) in [6, 6.07) is 17.2. The van der Waals surface area contributed by atoms with Crippen molar-refractivity contribution in [3.63, 3.8) is 0 Å². The van der Waals surface area contributed by atoms with E-state index in [4.69, 9.17) is 0 Å². The second-order valence-corrected chi connectivity index (χ2v) is 10.3. The Morgan fingerprint density at radius 2 is 1.69 bits per heavy atom. The van der Waals surface area contributed by atoms with Crippen LogP contribution in [0.25, 0.3) is 0 Å². The normalized spacial score (nSPS) is 16.6. The Morgan fingerprint density at radius 1 is 1.04 bits per heavy atom. The molecule has 2 aromatic rings. The van der Waals surface area contributed by atoms with E-state index in [1.165, 1.54) is 0 Å². The minimum Gasteiger partial charge on any atom is -0.409 e. The van der Waals surface area contributed by atoms with Crippen molar-refractivity contribution in [1.29, 1.82) is 0 Å². The topological polar surface area (TPSA) is 49.4 Å². The van der Waals surface area contributed by atoms with Crippen molar-refractivity contribution in [1.82, 2.24) is 4.31 Å². The summed E-state index contributed by atoms with van der Waals surface area (Å²) in [4.78, 5) is 3.31. The van der Waals surface area contributed by atoms with Gasteiger partial charge in [-0.2, -0.15) is 17.5 Å². The van der Waals surface area contributed by atoms with E-state index in [9.17, 15) is 21.6 Å². The molecule has 0 fully saturated rings. The second kappa shape index (κ2) is 7.41. The van der Waals surface area contributed by atoms with Crippen LogP contribution < -0.4 is 4.98 Å². The van der Waals surface area contributed by atoms with Crippen LogP contribution in [0, 0.1) is 0 Å². The lowest BCUT2D eigenvalue weighted by Gasteiger charge is -2.24. The summed E-state index contributed by atoms with van der Waals surface area (Å²) in [6.45, 7) is -0.273. The van der Waals surface area contributed by atoms with Crippen LogP contribution in [-0.4, -0.2) is 33.4 Å². The van der Waals surface area contributed by atoms with E-state index in [0.717, 1.165) is 5.56 Å². The van der Waals surface area contributed by atoms with Crippen LogP contribution in [0.2, 0.25) is 6.04 Å². The van der Waals surface area contributed by atoms with Gasteiger partial charge in [0.05, 0.1) is 0 Å². The molecule has 1 N–H and O–H groups in total. The average molecular weight is 399 g/mol. The highest BCUT2D eigenvalue weighted by atomic mass is 32.2. The Morgan fingerprint density at radius 3 is 2.38 bits per heavy atom. The van der Waals surface area contributed by atoms with Gasteiger partial charge in [-0.3, -0.25) is 0 Å². The molecule has 1 radical (unpaired) electrons. The Bertz CT molecular complexity index is 860. The number of para-hydroxylation sites is 1. The molecule has 1 aliphatic rings. The number of hydrogen-bond donors (Lipinski definition) is 1. The van der Waals surface area contributed by atoms with Crippen LogP contribution in [0.3, 0.4) is 0 Å². The van der Waals surface area contributed by atoms with E-state index in [1.54, 1.807) is 24.3 Å². The molecular formula is C17H18F3N2O2SSi. The predicted octanol–water partition coefficient (Wildman–Crippen LogP) is 3.54. The summed E-state index contributed by atoms with van der Waals surface area (Å²) in [5, 5.41) is 0. The summed E-state index contributed by atoms with van der Waals surface area (Å²) in [6.07, 6.45) is 0.554. The standard InChI is InChI=1S/C17H18F3N2O2SSi/c18-17(19,20)25(23,24)22-12-15-8-4-5-9-16(15)21-26(13-22)11-10-14-6-2-1-3-7-14/h1-9,21H,10-13H2. The van der Waals surface area contributed by atoms with Gasteiger partial charge in [-0.05, 0) is 29.7 Å². The molecule has 0 unspecified atom stereocenters. The molecule has 0 spiro atoms. The molecule has 0 atom stereocenters. The van der Waals surface area contributed by atoms with Crippen LogP contribution in [0.15, 0.2) is 54.6 Å². The fraction of sp³-hybridized carbons (Fsp3) is 0.294. The zero-order valence-electron chi connectivity index (χ0n) is 13.8. The smallest absolute Gasteiger partial charge is 0.409 e. The number of fused-ring (bicyclic) bond motifs is 1. The molecule has 4 nitrogen and oxygen atoms in total. The Kier molecular flexibility index (Phi) is 5.40. The average Bonchev–Trinajstić information content (AvgIpc) is 2.79. The number of halogens is 3. The van der Waals surface area contributed by atoms with Crippen LogP contribution in [0.1, 0.15) is 11.1 Å². The third-order valence-electron chi connectivity index (χ3n) is 4.23. The fourth-order valence-corrected chi connectivity index (χ4v) is 6.73. The Balaban J connectivity index is 1.86. The Hall–Kier alpha value is -1.84. The van der Waals surface area contributed by atoms with Gasteiger partial charge >= 0.3 is 15.5 Å². The predicted molar refractivity (Wildman–Crippen MR) is 96.2 cm³/mol. The lowest BCUT2D eigenvalue weighted by atomic mass is 10.2. The molecule has 0 saturated carbocycles. The highest BCUT2D eigenvalue weighted by Crippen LogP contribution is 2.31. The SMILES string of the molecule is O=S(=O)(N1Cc2ccccc2N[Si](CCc2ccccc2)C1)C(F)(F)F. The van der Waals surface area contributed by atoms with Gasteiger partial charge in [0.25, 0.3) is 0 Å². The number of nitrogens with zero attached hydrogens (tertiary/aromatic N) is 1. The quantitative estimate of drug-likeness (QED) is 0.800. The molecule has 9 heteroatoms. The van der Waals surface area contributed by atoms with Crippen LogP contribution in [-0.2, 0) is 23.0 Å². The Labute approximate surface area is 152 Å². The van der Waals surface area contributed by atoms with E-state index in [1.807, 2.05) is 30.3 Å². The first-order valence-corrected chi connectivity index (χ1v) is 11.4. The third-order valence-corrected chi connectivity index (χ3v) is 8.23. The lowest BCUT2D eigenvalue weighted by molar-refractivity contribution is -0.0486. The van der Waals surface area contributed by atoms with Crippen molar-refractivity contribution >= 4 is 24.7 Å². The molecule has 139 valence electrons. The minimum absolute atomic E-state index is 0.131. The molecule has 0 saturated heterocycles. The van der Waals surface area contributed by atoms with Gasteiger partial charge in [0.2, 0.25) is 0 Å². The van der Waals surface area contributed by atoms with Gasteiger partial charge in [-0.15, -0.1) is 0 Å². The molecule has 3 rings (SSSR count). The summed E-state index contributed by atoms with van der Waals surface area (Å²) >= 11 is 0. The fourth-order valence-electron chi connectivity index (χ4n) is 2.87.